The van der Waals surface area contributed by atoms with Crippen LogP contribution in [0.2, 0.25) is 0 Å². The lowest BCUT2D eigenvalue weighted by Gasteiger charge is -2.02. The SMILES string of the molecule is C=CCNC(=O)CCn1cc(CCCCNC(=O)/C=C/C(=O)C(C)C)nn1. The fourth-order valence-electron chi connectivity index (χ4n) is 2.10. The minimum Gasteiger partial charge on any atom is -0.353 e. The van der Waals surface area contributed by atoms with Crippen molar-refractivity contribution in [2.75, 3.05) is 13.1 Å². The Balaban J connectivity index is 2.17. The molecule has 2 amide bonds. The third kappa shape index (κ3) is 10.1. The number of hydrogen-bond acceptors (Lipinski definition) is 5. The van der Waals surface area contributed by atoms with E-state index in [2.05, 4.69) is 27.5 Å². The first-order chi connectivity index (χ1) is 12.9. The number of carbonyl (C=O) groups excluding carboxylic acids is 3. The molecule has 0 atom stereocenters. The second kappa shape index (κ2) is 12.6. The quantitative estimate of drug-likeness (QED) is 0.306. The molecule has 0 fully saturated rings. The molecule has 8 heteroatoms. The molecule has 27 heavy (non-hydrogen) atoms. The van der Waals surface area contributed by atoms with Crippen LogP contribution in [0.4, 0.5) is 0 Å². The van der Waals surface area contributed by atoms with E-state index < -0.39 is 0 Å². The molecular weight excluding hydrogens is 346 g/mol. The minimum absolute atomic E-state index is 0.0492. The van der Waals surface area contributed by atoms with Crippen LogP contribution in [0.15, 0.2) is 31.0 Å². The molecule has 0 saturated heterocycles. The van der Waals surface area contributed by atoms with Crippen LogP contribution >= 0.6 is 0 Å². The molecule has 0 saturated carbocycles. The van der Waals surface area contributed by atoms with Crippen molar-refractivity contribution in [2.45, 2.75) is 46.1 Å². The van der Waals surface area contributed by atoms with E-state index in [1.165, 1.54) is 12.2 Å². The summed E-state index contributed by atoms with van der Waals surface area (Å²) >= 11 is 0. The molecule has 0 aliphatic carbocycles. The van der Waals surface area contributed by atoms with E-state index in [0.717, 1.165) is 25.0 Å². The zero-order valence-corrected chi connectivity index (χ0v) is 16.1. The molecule has 0 aliphatic rings. The summed E-state index contributed by atoms with van der Waals surface area (Å²) in [5, 5.41) is 13.5. The van der Waals surface area contributed by atoms with Crippen molar-refractivity contribution >= 4 is 17.6 Å². The van der Waals surface area contributed by atoms with Gasteiger partial charge in [0, 0.05) is 37.7 Å². The Hall–Kier alpha value is -2.77. The van der Waals surface area contributed by atoms with E-state index in [1.54, 1.807) is 24.6 Å². The van der Waals surface area contributed by atoms with E-state index in [9.17, 15) is 14.4 Å². The molecule has 0 bridgehead atoms. The number of hydrogen-bond donors (Lipinski definition) is 2. The molecule has 1 rings (SSSR count). The summed E-state index contributed by atoms with van der Waals surface area (Å²) in [6.07, 6.45) is 8.81. The fourth-order valence-corrected chi connectivity index (χ4v) is 2.10. The van der Waals surface area contributed by atoms with Gasteiger partial charge in [0.2, 0.25) is 11.8 Å². The Morgan fingerprint density at radius 1 is 1.22 bits per heavy atom. The summed E-state index contributed by atoms with van der Waals surface area (Å²) < 4.78 is 1.65. The van der Waals surface area contributed by atoms with Gasteiger partial charge in [-0.15, -0.1) is 11.7 Å². The Morgan fingerprint density at radius 3 is 2.70 bits per heavy atom. The molecule has 8 nitrogen and oxygen atoms in total. The maximum absolute atomic E-state index is 11.6. The summed E-state index contributed by atoms with van der Waals surface area (Å²) in [4.78, 5) is 34.5. The normalized spacial score (nSPS) is 10.9. The average molecular weight is 375 g/mol. The number of ketones is 1. The van der Waals surface area contributed by atoms with Crippen molar-refractivity contribution in [1.82, 2.24) is 25.6 Å². The summed E-state index contributed by atoms with van der Waals surface area (Å²) in [5.74, 6) is -0.480. The lowest BCUT2D eigenvalue weighted by Crippen LogP contribution is -2.24. The molecule has 0 aromatic carbocycles. The van der Waals surface area contributed by atoms with Gasteiger partial charge < -0.3 is 10.6 Å². The number of nitrogens with one attached hydrogen (secondary N) is 2. The van der Waals surface area contributed by atoms with Gasteiger partial charge in [-0.05, 0) is 25.3 Å². The van der Waals surface area contributed by atoms with Gasteiger partial charge in [-0.3, -0.25) is 19.1 Å². The highest BCUT2D eigenvalue weighted by molar-refractivity contribution is 5.98. The van der Waals surface area contributed by atoms with Gasteiger partial charge in [-0.2, -0.15) is 0 Å². The second-order valence-electron chi connectivity index (χ2n) is 6.45. The summed E-state index contributed by atoms with van der Waals surface area (Å²) in [5.41, 5.74) is 0.857. The van der Waals surface area contributed by atoms with Gasteiger partial charge in [0.15, 0.2) is 5.78 Å². The third-order valence-electron chi connectivity index (χ3n) is 3.72. The first-order valence-corrected chi connectivity index (χ1v) is 9.18. The Bertz CT molecular complexity index is 664. The molecule has 0 radical (unpaired) electrons. The largest absolute Gasteiger partial charge is 0.353 e. The number of nitrogens with zero attached hydrogens (tertiary/aromatic N) is 3. The maximum atomic E-state index is 11.6. The monoisotopic (exact) mass is 375 g/mol. The van der Waals surface area contributed by atoms with E-state index in [1.807, 2.05) is 6.20 Å². The lowest BCUT2D eigenvalue weighted by molar-refractivity contribution is -0.121. The molecule has 0 unspecified atom stereocenters. The number of unbranched alkanes of at least 4 members (excludes halogenated alkanes) is 1. The molecule has 2 N–H and O–H groups in total. The molecule has 0 spiro atoms. The Morgan fingerprint density at radius 2 is 2.00 bits per heavy atom. The zero-order chi connectivity index (χ0) is 20.1. The number of carbonyl (C=O) groups is 3. The van der Waals surface area contributed by atoms with Crippen LogP contribution in [0, 0.1) is 5.92 Å². The number of aromatic nitrogens is 3. The lowest BCUT2D eigenvalue weighted by atomic mass is 10.1. The Labute approximate surface area is 160 Å². The topological polar surface area (TPSA) is 106 Å². The predicted molar refractivity (Wildman–Crippen MR) is 103 cm³/mol. The van der Waals surface area contributed by atoms with Crippen LogP contribution in [-0.2, 0) is 27.3 Å². The highest BCUT2D eigenvalue weighted by Crippen LogP contribution is 2.01. The van der Waals surface area contributed by atoms with Crippen LogP contribution in [-0.4, -0.2) is 45.7 Å². The van der Waals surface area contributed by atoms with Crippen molar-refractivity contribution in [3.63, 3.8) is 0 Å². The average Bonchev–Trinajstić information content (AvgIpc) is 3.10. The molecule has 0 aliphatic heterocycles. The van der Waals surface area contributed by atoms with Crippen LogP contribution in [0.5, 0.6) is 0 Å². The number of aryl methyl sites for hydroxylation is 2. The van der Waals surface area contributed by atoms with Crippen molar-refractivity contribution in [1.29, 1.82) is 0 Å². The smallest absolute Gasteiger partial charge is 0.244 e. The van der Waals surface area contributed by atoms with Crippen LogP contribution in [0.25, 0.3) is 0 Å². The van der Waals surface area contributed by atoms with Gasteiger partial charge in [0.25, 0.3) is 0 Å². The molecule has 148 valence electrons. The van der Waals surface area contributed by atoms with E-state index in [0.29, 0.717) is 26.1 Å². The zero-order valence-electron chi connectivity index (χ0n) is 16.1. The highest BCUT2D eigenvalue weighted by Gasteiger charge is 2.05. The van der Waals surface area contributed by atoms with E-state index >= 15 is 0 Å². The standard InChI is InChI=1S/C19H29N5O3/c1-4-11-20-19(27)10-13-24-14-16(22-23-24)7-5-6-12-21-18(26)9-8-17(25)15(2)3/h4,8-9,14-15H,1,5-7,10-13H2,2-3H3,(H,20,27)(H,21,26)/b9-8+. The first-order valence-electron chi connectivity index (χ1n) is 9.18. The predicted octanol–water partition coefficient (Wildman–Crippen LogP) is 1.19. The Kier molecular flexibility index (Phi) is 10.4. The van der Waals surface area contributed by atoms with Crippen molar-refractivity contribution in [3.05, 3.63) is 36.7 Å². The van der Waals surface area contributed by atoms with Crippen LogP contribution < -0.4 is 10.6 Å². The fraction of sp³-hybridized carbons (Fsp3) is 0.526. The molecular formula is C19H29N5O3. The van der Waals surface area contributed by atoms with Gasteiger partial charge >= 0.3 is 0 Å². The van der Waals surface area contributed by atoms with Crippen LogP contribution in [0.1, 0.15) is 38.8 Å². The summed E-state index contributed by atoms with van der Waals surface area (Å²) in [6, 6.07) is 0. The minimum atomic E-state index is -0.260. The van der Waals surface area contributed by atoms with Gasteiger partial charge in [-0.1, -0.05) is 25.1 Å². The summed E-state index contributed by atoms with van der Waals surface area (Å²) in [6.45, 7) is 8.60. The number of amides is 2. The van der Waals surface area contributed by atoms with Gasteiger partial charge in [0.05, 0.1) is 12.2 Å². The van der Waals surface area contributed by atoms with E-state index in [-0.39, 0.29) is 23.5 Å². The number of allylic oxidation sites excluding steroid dienone is 1. The number of rotatable bonds is 13. The van der Waals surface area contributed by atoms with Crippen molar-refractivity contribution in [3.8, 4) is 0 Å². The maximum Gasteiger partial charge on any atom is 0.244 e. The van der Waals surface area contributed by atoms with Crippen molar-refractivity contribution in [2.24, 2.45) is 5.92 Å². The highest BCUT2D eigenvalue weighted by atomic mass is 16.2. The molecule has 1 aromatic heterocycles. The first kappa shape index (κ1) is 22.3. The second-order valence-corrected chi connectivity index (χ2v) is 6.45. The third-order valence-corrected chi connectivity index (χ3v) is 3.72. The van der Waals surface area contributed by atoms with Crippen LogP contribution in [0.3, 0.4) is 0 Å². The molecule has 1 heterocycles. The van der Waals surface area contributed by atoms with Crippen molar-refractivity contribution < 1.29 is 14.4 Å². The van der Waals surface area contributed by atoms with Gasteiger partial charge in [-0.25, -0.2) is 0 Å². The molecule has 1 aromatic rings. The van der Waals surface area contributed by atoms with E-state index in [4.69, 9.17) is 0 Å². The summed E-state index contributed by atoms with van der Waals surface area (Å²) in [7, 11) is 0. The van der Waals surface area contributed by atoms with Gasteiger partial charge in [0.1, 0.15) is 0 Å².